The summed E-state index contributed by atoms with van der Waals surface area (Å²) in [6, 6.07) is 12.8. The molecule has 108 valence electrons. The maximum absolute atomic E-state index is 5.94. The first-order valence-corrected chi connectivity index (χ1v) is 7.85. The van der Waals surface area contributed by atoms with Gasteiger partial charge in [0.2, 0.25) is 0 Å². The lowest BCUT2D eigenvalue weighted by atomic mass is 10.0. The number of benzene rings is 1. The molecule has 0 saturated carbocycles. The number of hydrogen-bond acceptors (Lipinski definition) is 2. The third kappa shape index (κ3) is 3.17. The van der Waals surface area contributed by atoms with Gasteiger partial charge in [0.25, 0.3) is 0 Å². The summed E-state index contributed by atoms with van der Waals surface area (Å²) in [5.41, 5.74) is 9.53. The average Bonchev–Trinajstić information content (AvgIpc) is 2.85. The fourth-order valence-electron chi connectivity index (χ4n) is 2.62. The van der Waals surface area contributed by atoms with Crippen LogP contribution in [0.1, 0.15) is 18.2 Å². The molecule has 3 nitrogen and oxygen atoms in total. The van der Waals surface area contributed by atoms with E-state index in [1.54, 1.807) is 0 Å². The summed E-state index contributed by atoms with van der Waals surface area (Å²) < 4.78 is 3.24. The van der Waals surface area contributed by atoms with Crippen LogP contribution >= 0.6 is 15.9 Å². The predicted octanol–water partition coefficient (Wildman–Crippen LogP) is 3.74. The number of fused-ring (bicyclic) bond motifs is 1. The molecule has 0 aliphatic rings. The standard InChI is InChI=1S/C17H18BrN3/c1-12(19)9-13-3-2-4-17-16(13)7-8-21(17)11-15-6-5-14(18)10-20-15/h2-8,10,12H,9,11,19H2,1H3. The van der Waals surface area contributed by atoms with Crippen molar-refractivity contribution in [2.45, 2.75) is 25.9 Å². The highest BCUT2D eigenvalue weighted by atomic mass is 79.9. The minimum absolute atomic E-state index is 0.173. The monoisotopic (exact) mass is 343 g/mol. The molecule has 0 spiro atoms. The second-order valence-electron chi connectivity index (χ2n) is 5.44. The first kappa shape index (κ1) is 14.3. The Morgan fingerprint density at radius 2 is 2.10 bits per heavy atom. The van der Waals surface area contributed by atoms with Crippen molar-refractivity contribution in [1.29, 1.82) is 0 Å². The normalized spacial score (nSPS) is 12.7. The molecular formula is C17H18BrN3. The zero-order valence-corrected chi connectivity index (χ0v) is 13.5. The van der Waals surface area contributed by atoms with E-state index < -0.39 is 0 Å². The van der Waals surface area contributed by atoms with Gasteiger partial charge >= 0.3 is 0 Å². The van der Waals surface area contributed by atoms with Gasteiger partial charge in [-0.2, -0.15) is 0 Å². The van der Waals surface area contributed by atoms with Crippen molar-refractivity contribution in [3.05, 3.63) is 64.5 Å². The molecule has 0 saturated heterocycles. The fraction of sp³-hybridized carbons (Fsp3) is 0.235. The summed E-state index contributed by atoms with van der Waals surface area (Å²) in [7, 11) is 0. The average molecular weight is 344 g/mol. The third-order valence-corrected chi connectivity index (χ3v) is 4.04. The Balaban J connectivity index is 1.95. The Hall–Kier alpha value is -1.65. The highest BCUT2D eigenvalue weighted by Gasteiger charge is 2.08. The molecule has 0 fully saturated rings. The van der Waals surface area contributed by atoms with Crippen molar-refractivity contribution < 1.29 is 0 Å². The molecule has 0 bridgehead atoms. The van der Waals surface area contributed by atoms with Gasteiger partial charge in [-0.3, -0.25) is 4.98 Å². The van der Waals surface area contributed by atoms with E-state index in [0.717, 1.165) is 23.1 Å². The number of halogens is 1. The van der Waals surface area contributed by atoms with Gasteiger partial charge in [0.15, 0.2) is 0 Å². The van der Waals surface area contributed by atoms with Crippen LogP contribution in [0.5, 0.6) is 0 Å². The molecule has 3 aromatic rings. The van der Waals surface area contributed by atoms with Crippen LogP contribution in [0.25, 0.3) is 10.9 Å². The van der Waals surface area contributed by atoms with Crippen molar-refractivity contribution in [3.8, 4) is 0 Å². The smallest absolute Gasteiger partial charge is 0.0648 e. The summed E-state index contributed by atoms with van der Waals surface area (Å²) in [6.07, 6.45) is 4.86. The Labute approximate surface area is 132 Å². The first-order chi connectivity index (χ1) is 10.1. The summed E-state index contributed by atoms with van der Waals surface area (Å²) >= 11 is 3.41. The molecule has 0 amide bonds. The van der Waals surface area contributed by atoms with E-state index in [9.17, 15) is 0 Å². The molecule has 0 aliphatic heterocycles. The molecule has 3 rings (SSSR count). The van der Waals surface area contributed by atoms with Crippen LogP contribution in [0, 0.1) is 0 Å². The topological polar surface area (TPSA) is 43.8 Å². The highest BCUT2D eigenvalue weighted by molar-refractivity contribution is 9.10. The fourth-order valence-corrected chi connectivity index (χ4v) is 2.86. The van der Waals surface area contributed by atoms with E-state index in [4.69, 9.17) is 5.73 Å². The largest absolute Gasteiger partial charge is 0.341 e. The minimum atomic E-state index is 0.173. The summed E-state index contributed by atoms with van der Waals surface area (Å²) in [6.45, 7) is 2.82. The molecule has 2 N–H and O–H groups in total. The number of pyridine rings is 1. The van der Waals surface area contributed by atoms with E-state index in [2.05, 4.69) is 55.9 Å². The van der Waals surface area contributed by atoms with Crippen molar-refractivity contribution in [1.82, 2.24) is 9.55 Å². The van der Waals surface area contributed by atoms with Crippen LogP contribution < -0.4 is 5.73 Å². The minimum Gasteiger partial charge on any atom is -0.341 e. The lowest BCUT2D eigenvalue weighted by molar-refractivity contribution is 0.741. The quantitative estimate of drug-likeness (QED) is 0.784. The highest BCUT2D eigenvalue weighted by Crippen LogP contribution is 2.22. The van der Waals surface area contributed by atoms with E-state index in [0.29, 0.717) is 0 Å². The lowest BCUT2D eigenvalue weighted by Gasteiger charge is -2.09. The van der Waals surface area contributed by atoms with Gasteiger partial charge in [-0.05, 0) is 59.1 Å². The van der Waals surface area contributed by atoms with E-state index in [1.807, 2.05) is 25.3 Å². The molecule has 1 atom stereocenters. The third-order valence-electron chi connectivity index (χ3n) is 3.57. The van der Waals surface area contributed by atoms with E-state index >= 15 is 0 Å². The second-order valence-corrected chi connectivity index (χ2v) is 6.36. The molecule has 1 aromatic carbocycles. The van der Waals surface area contributed by atoms with Crippen LogP contribution in [0.3, 0.4) is 0 Å². The molecule has 0 aliphatic carbocycles. The molecule has 2 heterocycles. The second kappa shape index (κ2) is 6.00. The zero-order valence-electron chi connectivity index (χ0n) is 12.0. The van der Waals surface area contributed by atoms with Gasteiger partial charge in [-0.1, -0.05) is 12.1 Å². The van der Waals surface area contributed by atoms with Crippen LogP contribution in [0.15, 0.2) is 53.3 Å². The van der Waals surface area contributed by atoms with E-state index in [1.165, 1.54) is 16.5 Å². The first-order valence-electron chi connectivity index (χ1n) is 7.06. The maximum Gasteiger partial charge on any atom is 0.0648 e. The summed E-state index contributed by atoms with van der Waals surface area (Å²) in [4.78, 5) is 4.44. The zero-order chi connectivity index (χ0) is 14.8. The Morgan fingerprint density at radius 3 is 2.81 bits per heavy atom. The van der Waals surface area contributed by atoms with Crippen LogP contribution in [0.4, 0.5) is 0 Å². The predicted molar refractivity (Wildman–Crippen MR) is 90.3 cm³/mol. The van der Waals surface area contributed by atoms with Gasteiger partial charge < -0.3 is 10.3 Å². The van der Waals surface area contributed by atoms with Crippen LogP contribution in [-0.4, -0.2) is 15.6 Å². The number of rotatable bonds is 4. The maximum atomic E-state index is 5.94. The van der Waals surface area contributed by atoms with E-state index in [-0.39, 0.29) is 6.04 Å². The summed E-state index contributed by atoms with van der Waals surface area (Å²) in [5.74, 6) is 0. The molecular weight excluding hydrogens is 326 g/mol. The SMILES string of the molecule is CC(N)Cc1cccc2c1ccn2Cc1ccc(Br)cn1. The number of nitrogens with two attached hydrogens (primary N) is 1. The van der Waals surface area contributed by atoms with Crippen molar-refractivity contribution in [2.24, 2.45) is 5.73 Å². The lowest BCUT2D eigenvalue weighted by Crippen LogP contribution is -2.17. The van der Waals surface area contributed by atoms with Gasteiger partial charge in [-0.15, -0.1) is 0 Å². The number of nitrogens with zero attached hydrogens (tertiary/aromatic N) is 2. The number of hydrogen-bond donors (Lipinski definition) is 1. The van der Waals surface area contributed by atoms with Crippen molar-refractivity contribution in [2.75, 3.05) is 0 Å². The van der Waals surface area contributed by atoms with Crippen molar-refractivity contribution in [3.63, 3.8) is 0 Å². The summed E-state index contributed by atoms with van der Waals surface area (Å²) in [5, 5.41) is 1.28. The number of aromatic nitrogens is 2. The molecule has 21 heavy (non-hydrogen) atoms. The van der Waals surface area contributed by atoms with Gasteiger partial charge in [0, 0.05) is 33.8 Å². The molecule has 0 radical (unpaired) electrons. The molecule has 4 heteroatoms. The Bertz CT molecular complexity index is 744. The van der Waals surface area contributed by atoms with Crippen molar-refractivity contribution >= 4 is 26.8 Å². The molecule has 1 unspecified atom stereocenters. The Morgan fingerprint density at radius 1 is 1.24 bits per heavy atom. The van der Waals surface area contributed by atoms with Crippen LogP contribution in [0.2, 0.25) is 0 Å². The van der Waals surface area contributed by atoms with Gasteiger partial charge in [0.05, 0.1) is 12.2 Å². The van der Waals surface area contributed by atoms with Crippen LogP contribution in [-0.2, 0) is 13.0 Å². The Kier molecular flexibility index (Phi) is 4.08. The molecule has 2 aromatic heterocycles. The van der Waals surface area contributed by atoms with Gasteiger partial charge in [-0.25, -0.2) is 0 Å². The van der Waals surface area contributed by atoms with Gasteiger partial charge in [0.1, 0.15) is 0 Å².